The van der Waals surface area contributed by atoms with Gasteiger partial charge in [0.1, 0.15) is 16.4 Å². The van der Waals surface area contributed by atoms with E-state index < -0.39 is 0 Å². The van der Waals surface area contributed by atoms with Gasteiger partial charge in [0.25, 0.3) is 5.56 Å². The van der Waals surface area contributed by atoms with Crippen LogP contribution in [0, 0.1) is 0 Å². The molecule has 2 aliphatic rings. The summed E-state index contributed by atoms with van der Waals surface area (Å²) < 4.78 is 7.63. The Balaban J connectivity index is 1.31. The van der Waals surface area contributed by atoms with Crippen LogP contribution in [0.2, 0.25) is 0 Å². The molecular formula is C25H27N5O2S2. The van der Waals surface area contributed by atoms with Crippen molar-refractivity contribution in [3.8, 4) is 17.1 Å². The Morgan fingerprint density at radius 2 is 1.94 bits per heavy atom. The summed E-state index contributed by atoms with van der Waals surface area (Å²) in [6.45, 7) is 0. The smallest absolute Gasteiger partial charge is 0.259 e. The number of fused-ring (bicyclic) bond motifs is 3. The number of thiophene rings is 1. The normalized spacial score (nSPS) is 16.3. The lowest BCUT2D eigenvalue weighted by Gasteiger charge is -2.25. The van der Waals surface area contributed by atoms with Gasteiger partial charge >= 0.3 is 0 Å². The van der Waals surface area contributed by atoms with E-state index in [9.17, 15) is 4.79 Å². The van der Waals surface area contributed by atoms with Crippen LogP contribution in [-0.4, -0.2) is 31.8 Å². The average molecular weight is 494 g/mol. The van der Waals surface area contributed by atoms with Gasteiger partial charge in [-0.1, -0.05) is 31.0 Å². The van der Waals surface area contributed by atoms with Gasteiger partial charge < -0.3 is 9.72 Å². The number of H-pyrrole nitrogens is 1. The summed E-state index contributed by atoms with van der Waals surface area (Å²) in [5.41, 5.74) is 2.24. The molecular weight excluding hydrogens is 466 g/mol. The quantitative estimate of drug-likeness (QED) is 0.355. The van der Waals surface area contributed by atoms with Crippen molar-refractivity contribution < 1.29 is 4.74 Å². The van der Waals surface area contributed by atoms with E-state index in [4.69, 9.17) is 9.72 Å². The van der Waals surface area contributed by atoms with Crippen LogP contribution in [0.25, 0.3) is 21.6 Å². The van der Waals surface area contributed by atoms with Crippen LogP contribution in [0.5, 0.6) is 5.75 Å². The molecule has 0 radical (unpaired) electrons. The first-order valence-corrected chi connectivity index (χ1v) is 13.8. The molecule has 3 heterocycles. The molecule has 1 N–H and O–H groups in total. The minimum Gasteiger partial charge on any atom is -0.497 e. The van der Waals surface area contributed by atoms with Crippen molar-refractivity contribution in [2.45, 2.75) is 68.3 Å². The first-order chi connectivity index (χ1) is 16.7. The number of aryl methyl sites for hydroxylation is 2. The van der Waals surface area contributed by atoms with Crippen LogP contribution >= 0.6 is 23.1 Å². The molecule has 1 saturated carbocycles. The van der Waals surface area contributed by atoms with Gasteiger partial charge in [-0.25, -0.2) is 4.98 Å². The van der Waals surface area contributed by atoms with Crippen LogP contribution in [-0.2, 0) is 18.6 Å². The van der Waals surface area contributed by atoms with Gasteiger partial charge in [0.2, 0.25) is 0 Å². The molecule has 7 nitrogen and oxygen atoms in total. The summed E-state index contributed by atoms with van der Waals surface area (Å²) in [6.07, 6.45) is 9.21. The number of benzene rings is 1. The molecule has 0 atom stereocenters. The van der Waals surface area contributed by atoms with Crippen molar-refractivity contribution in [2.24, 2.45) is 0 Å². The second-order valence-corrected chi connectivity index (χ2v) is 11.1. The Morgan fingerprint density at radius 3 is 2.74 bits per heavy atom. The van der Waals surface area contributed by atoms with E-state index in [1.54, 1.807) is 30.2 Å². The van der Waals surface area contributed by atoms with Gasteiger partial charge in [-0.3, -0.25) is 9.36 Å². The Labute approximate surface area is 206 Å². The predicted molar refractivity (Wildman–Crippen MR) is 136 cm³/mol. The van der Waals surface area contributed by atoms with Crippen LogP contribution in [0.1, 0.15) is 60.8 Å². The van der Waals surface area contributed by atoms with Crippen molar-refractivity contribution >= 4 is 33.3 Å². The van der Waals surface area contributed by atoms with Crippen LogP contribution in [0.3, 0.4) is 0 Å². The molecule has 6 rings (SSSR count). The minimum absolute atomic E-state index is 0.00679. The number of methoxy groups -OCH3 is 1. The topological polar surface area (TPSA) is 85.7 Å². The number of thioether (sulfide) groups is 1. The van der Waals surface area contributed by atoms with E-state index in [0.717, 1.165) is 64.6 Å². The summed E-state index contributed by atoms with van der Waals surface area (Å²) in [5.74, 6) is 2.98. The van der Waals surface area contributed by atoms with E-state index in [0.29, 0.717) is 17.6 Å². The highest BCUT2D eigenvalue weighted by molar-refractivity contribution is 7.98. The number of hydrogen-bond donors (Lipinski definition) is 1. The number of nitrogens with one attached hydrogen (secondary N) is 1. The highest BCUT2D eigenvalue weighted by Gasteiger charge is 2.25. The molecule has 176 valence electrons. The monoisotopic (exact) mass is 493 g/mol. The predicted octanol–water partition coefficient (Wildman–Crippen LogP) is 5.54. The summed E-state index contributed by atoms with van der Waals surface area (Å²) in [7, 11) is 1.67. The maximum atomic E-state index is 12.8. The van der Waals surface area contributed by atoms with Crippen molar-refractivity contribution in [1.29, 1.82) is 0 Å². The zero-order valence-corrected chi connectivity index (χ0v) is 20.8. The lowest BCUT2D eigenvalue weighted by atomic mass is 9.95. The molecule has 1 fully saturated rings. The summed E-state index contributed by atoms with van der Waals surface area (Å²) in [4.78, 5) is 22.9. The van der Waals surface area contributed by atoms with E-state index >= 15 is 0 Å². The molecule has 0 spiro atoms. The van der Waals surface area contributed by atoms with Gasteiger partial charge in [0.05, 0.1) is 18.2 Å². The van der Waals surface area contributed by atoms with E-state index in [2.05, 4.69) is 19.7 Å². The Bertz CT molecular complexity index is 1380. The van der Waals surface area contributed by atoms with E-state index in [1.807, 2.05) is 24.3 Å². The highest BCUT2D eigenvalue weighted by atomic mass is 32.2. The van der Waals surface area contributed by atoms with Gasteiger partial charge in [0, 0.05) is 16.5 Å². The van der Waals surface area contributed by atoms with Crippen molar-refractivity contribution in [1.82, 2.24) is 24.7 Å². The third-order valence-corrected chi connectivity index (χ3v) is 9.05. The third kappa shape index (κ3) is 3.94. The molecule has 9 heteroatoms. The molecule has 0 aliphatic heterocycles. The molecule has 0 unspecified atom stereocenters. The second kappa shape index (κ2) is 9.19. The Morgan fingerprint density at radius 1 is 1.12 bits per heavy atom. The number of hydrogen-bond acceptors (Lipinski definition) is 7. The van der Waals surface area contributed by atoms with Gasteiger partial charge in [-0.05, 0) is 61.9 Å². The molecule has 1 aromatic carbocycles. The lowest BCUT2D eigenvalue weighted by Crippen LogP contribution is -2.15. The van der Waals surface area contributed by atoms with E-state index in [-0.39, 0.29) is 5.56 Å². The molecule has 3 aromatic heterocycles. The minimum atomic E-state index is -0.00679. The third-order valence-electron chi connectivity index (χ3n) is 6.91. The van der Waals surface area contributed by atoms with Crippen LogP contribution in [0.15, 0.2) is 34.2 Å². The molecule has 2 aliphatic carbocycles. The molecule has 34 heavy (non-hydrogen) atoms. The fourth-order valence-electron chi connectivity index (χ4n) is 5.23. The van der Waals surface area contributed by atoms with Crippen molar-refractivity contribution in [2.75, 3.05) is 7.11 Å². The number of nitrogens with zero attached hydrogens (tertiary/aromatic N) is 4. The first-order valence-electron chi connectivity index (χ1n) is 12.0. The molecule has 0 amide bonds. The summed E-state index contributed by atoms with van der Waals surface area (Å²) in [5, 5.41) is 10.9. The average Bonchev–Trinajstić information content (AvgIpc) is 3.58. The number of rotatable bonds is 6. The van der Waals surface area contributed by atoms with E-state index in [1.165, 1.54) is 29.7 Å². The largest absolute Gasteiger partial charge is 0.497 e. The number of aromatic nitrogens is 5. The van der Waals surface area contributed by atoms with Crippen LogP contribution in [0.4, 0.5) is 0 Å². The number of aromatic amines is 1. The maximum Gasteiger partial charge on any atom is 0.259 e. The molecule has 0 saturated heterocycles. The van der Waals surface area contributed by atoms with Gasteiger partial charge in [-0.2, -0.15) is 0 Å². The maximum absolute atomic E-state index is 12.8. The van der Waals surface area contributed by atoms with Crippen molar-refractivity contribution in [3.63, 3.8) is 0 Å². The summed E-state index contributed by atoms with van der Waals surface area (Å²) in [6, 6.07) is 8.39. The zero-order chi connectivity index (χ0) is 23.1. The first kappa shape index (κ1) is 21.9. The molecule has 0 bridgehead atoms. The lowest BCUT2D eigenvalue weighted by molar-refractivity contribution is 0.339. The van der Waals surface area contributed by atoms with Crippen LogP contribution < -0.4 is 10.3 Å². The standard InChI is InChI=1S/C25H27N5O2S2/c1-32-17-12-10-15(11-13-17)22-28-29-25(30(22)16-6-3-2-4-7-16)33-14-20-26-23(31)21-18-8-5-9-19(18)34-24(21)27-20/h10-13,16H,2-9,14H2,1H3,(H,26,27,31). The fourth-order valence-corrected chi connectivity index (χ4v) is 7.39. The fraction of sp³-hybridized carbons (Fsp3) is 0.440. The zero-order valence-electron chi connectivity index (χ0n) is 19.2. The SMILES string of the molecule is COc1ccc(-c2nnc(SCc3nc4sc5c(c4c(=O)[nH]3)CCC5)n2C2CCCCC2)cc1. The van der Waals surface area contributed by atoms with Gasteiger partial charge in [0.15, 0.2) is 11.0 Å². The second-order valence-electron chi connectivity index (χ2n) is 9.04. The Hall–Kier alpha value is -2.65. The number of ether oxygens (including phenoxy) is 1. The van der Waals surface area contributed by atoms with Crippen molar-refractivity contribution in [3.05, 3.63) is 50.9 Å². The summed E-state index contributed by atoms with van der Waals surface area (Å²) >= 11 is 3.28. The Kier molecular flexibility index (Phi) is 5.90. The van der Waals surface area contributed by atoms with Gasteiger partial charge in [-0.15, -0.1) is 21.5 Å². The highest BCUT2D eigenvalue weighted by Crippen LogP contribution is 2.37. The molecule has 4 aromatic rings.